The summed E-state index contributed by atoms with van der Waals surface area (Å²) >= 11 is 6.35. The lowest BCUT2D eigenvalue weighted by Gasteiger charge is -2.35. The van der Waals surface area contributed by atoms with E-state index in [4.69, 9.17) is 20.9 Å². The minimum absolute atomic E-state index is 0.292. The first kappa shape index (κ1) is 21.7. The highest BCUT2D eigenvalue weighted by Crippen LogP contribution is 2.40. The Balaban J connectivity index is 1.65. The molecule has 2 amide bonds. The second-order valence-electron chi connectivity index (χ2n) is 7.74. The number of amides is 2. The summed E-state index contributed by atoms with van der Waals surface area (Å²) in [4.78, 5) is 19.5. The molecule has 0 saturated heterocycles. The van der Waals surface area contributed by atoms with Gasteiger partial charge in [0.25, 0.3) is 5.89 Å². The lowest BCUT2D eigenvalue weighted by atomic mass is 9.94. The van der Waals surface area contributed by atoms with Crippen molar-refractivity contribution in [3.63, 3.8) is 0 Å². The van der Waals surface area contributed by atoms with Crippen molar-refractivity contribution in [1.82, 2.24) is 15.5 Å². The molecule has 2 heterocycles. The highest BCUT2D eigenvalue weighted by atomic mass is 35.5. The molecule has 1 aromatic heterocycles. The van der Waals surface area contributed by atoms with Gasteiger partial charge in [-0.2, -0.15) is 4.98 Å². The SMILES string of the molecule is COc1ccc(N2C(=O)NC(c3ccccc3)C(c3nc(-c4ccccc4)no3)=C2C)cc1Cl. The maximum Gasteiger partial charge on any atom is 0.326 e. The van der Waals surface area contributed by atoms with Gasteiger partial charge in [0.05, 0.1) is 29.4 Å². The van der Waals surface area contributed by atoms with E-state index in [1.54, 1.807) is 30.2 Å². The highest BCUT2D eigenvalue weighted by molar-refractivity contribution is 6.32. The van der Waals surface area contributed by atoms with Gasteiger partial charge in [0, 0.05) is 11.3 Å². The van der Waals surface area contributed by atoms with Gasteiger partial charge in [-0.3, -0.25) is 4.90 Å². The molecule has 5 rings (SSSR count). The van der Waals surface area contributed by atoms with E-state index in [1.165, 1.54) is 0 Å². The van der Waals surface area contributed by atoms with Crippen LogP contribution in [0.5, 0.6) is 5.75 Å². The van der Waals surface area contributed by atoms with Crippen molar-refractivity contribution in [3.8, 4) is 17.1 Å². The van der Waals surface area contributed by atoms with E-state index in [9.17, 15) is 4.79 Å². The second kappa shape index (κ2) is 9.03. The van der Waals surface area contributed by atoms with Gasteiger partial charge in [-0.1, -0.05) is 77.4 Å². The van der Waals surface area contributed by atoms with Crippen LogP contribution >= 0.6 is 11.6 Å². The molecule has 34 heavy (non-hydrogen) atoms. The summed E-state index contributed by atoms with van der Waals surface area (Å²) in [6, 6.07) is 23.7. The van der Waals surface area contributed by atoms with E-state index in [0.29, 0.717) is 39.4 Å². The van der Waals surface area contributed by atoms with Gasteiger partial charge in [0.15, 0.2) is 0 Å². The summed E-state index contributed by atoms with van der Waals surface area (Å²) < 4.78 is 11.0. The Morgan fingerprint density at radius 2 is 1.74 bits per heavy atom. The molecule has 0 fully saturated rings. The van der Waals surface area contributed by atoms with Crippen LogP contribution in [0.25, 0.3) is 17.0 Å². The van der Waals surface area contributed by atoms with Crippen LogP contribution in [-0.4, -0.2) is 23.3 Å². The first-order valence-corrected chi connectivity index (χ1v) is 11.0. The first-order chi connectivity index (χ1) is 16.6. The summed E-state index contributed by atoms with van der Waals surface area (Å²) in [7, 11) is 1.54. The first-order valence-electron chi connectivity index (χ1n) is 10.7. The van der Waals surface area contributed by atoms with Crippen LogP contribution in [0.4, 0.5) is 10.5 Å². The number of hydrogen-bond acceptors (Lipinski definition) is 5. The maximum atomic E-state index is 13.3. The summed E-state index contributed by atoms with van der Waals surface area (Å²) in [5, 5.41) is 7.67. The fourth-order valence-electron chi connectivity index (χ4n) is 4.06. The minimum atomic E-state index is -0.470. The third-order valence-electron chi connectivity index (χ3n) is 5.70. The van der Waals surface area contributed by atoms with E-state index in [-0.39, 0.29) is 6.03 Å². The summed E-state index contributed by atoms with van der Waals surface area (Å²) in [5.41, 5.74) is 3.69. The number of carbonyl (C=O) groups is 1. The lowest BCUT2D eigenvalue weighted by Crippen LogP contribution is -2.46. The fraction of sp³-hybridized carbons (Fsp3) is 0.115. The van der Waals surface area contributed by atoms with E-state index < -0.39 is 6.04 Å². The number of methoxy groups -OCH3 is 1. The largest absolute Gasteiger partial charge is 0.495 e. The summed E-state index contributed by atoms with van der Waals surface area (Å²) in [6.45, 7) is 1.86. The minimum Gasteiger partial charge on any atom is -0.495 e. The molecule has 1 N–H and O–H groups in total. The number of rotatable bonds is 5. The Morgan fingerprint density at radius 1 is 1.03 bits per heavy atom. The molecule has 8 heteroatoms. The molecule has 1 aliphatic heterocycles. The van der Waals surface area contributed by atoms with Crippen molar-refractivity contribution < 1.29 is 14.1 Å². The third kappa shape index (κ3) is 3.91. The van der Waals surface area contributed by atoms with Crippen LogP contribution in [0.2, 0.25) is 5.02 Å². The monoisotopic (exact) mass is 472 g/mol. The fourth-order valence-corrected chi connectivity index (χ4v) is 4.31. The van der Waals surface area contributed by atoms with Gasteiger partial charge < -0.3 is 14.6 Å². The van der Waals surface area contributed by atoms with E-state index in [2.05, 4.69) is 15.5 Å². The quantitative estimate of drug-likeness (QED) is 0.379. The molecule has 0 spiro atoms. The Labute approximate surface area is 201 Å². The van der Waals surface area contributed by atoms with Crippen LogP contribution < -0.4 is 15.0 Å². The smallest absolute Gasteiger partial charge is 0.326 e. The van der Waals surface area contributed by atoms with Gasteiger partial charge in [-0.05, 0) is 30.7 Å². The van der Waals surface area contributed by atoms with Crippen molar-refractivity contribution in [2.75, 3.05) is 12.0 Å². The second-order valence-corrected chi connectivity index (χ2v) is 8.14. The average molecular weight is 473 g/mol. The van der Waals surface area contributed by atoms with Crippen molar-refractivity contribution in [2.24, 2.45) is 0 Å². The lowest BCUT2D eigenvalue weighted by molar-refractivity contribution is 0.244. The number of allylic oxidation sites excluding steroid dienone is 1. The van der Waals surface area contributed by atoms with Gasteiger partial charge in [0.1, 0.15) is 5.75 Å². The number of halogens is 1. The summed E-state index contributed by atoms with van der Waals surface area (Å²) in [5.74, 6) is 1.32. The number of ether oxygens (including phenoxy) is 1. The highest BCUT2D eigenvalue weighted by Gasteiger charge is 2.36. The molecule has 4 aromatic rings. The number of carbonyl (C=O) groups excluding carboxylic acids is 1. The average Bonchev–Trinajstić information content (AvgIpc) is 3.35. The topological polar surface area (TPSA) is 80.5 Å². The number of hydrogen-bond donors (Lipinski definition) is 1. The van der Waals surface area contributed by atoms with Gasteiger partial charge in [-0.15, -0.1) is 0 Å². The summed E-state index contributed by atoms with van der Waals surface area (Å²) in [6.07, 6.45) is 0. The van der Waals surface area contributed by atoms with E-state index in [0.717, 1.165) is 11.1 Å². The molecule has 0 radical (unpaired) electrons. The predicted molar refractivity (Wildman–Crippen MR) is 131 cm³/mol. The Bertz CT molecular complexity index is 1370. The van der Waals surface area contributed by atoms with Crippen LogP contribution in [0.3, 0.4) is 0 Å². The van der Waals surface area contributed by atoms with Gasteiger partial charge in [0.2, 0.25) is 5.82 Å². The molecule has 1 aliphatic rings. The zero-order chi connectivity index (χ0) is 23.7. The van der Waals surface area contributed by atoms with Crippen LogP contribution in [-0.2, 0) is 0 Å². The number of anilines is 1. The predicted octanol–water partition coefficient (Wildman–Crippen LogP) is 6.10. The number of aromatic nitrogens is 2. The van der Waals surface area contributed by atoms with Crippen LogP contribution in [0.1, 0.15) is 24.4 Å². The number of benzene rings is 3. The molecular weight excluding hydrogens is 452 g/mol. The molecule has 7 nitrogen and oxygen atoms in total. The standard InChI is InChI=1S/C26H21ClN4O3/c1-16-22(25-29-24(30-34-25)18-11-7-4-8-12-18)23(17-9-5-3-6-10-17)28-26(32)31(16)19-13-14-21(33-2)20(27)15-19/h3-15,23H,1-2H3,(H,28,32). The van der Waals surface area contributed by atoms with E-state index >= 15 is 0 Å². The van der Waals surface area contributed by atoms with E-state index in [1.807, 2.05) is 67.6 Å². The molecule has 0 aliphatic carbocycles. The van der Waals surface area contributed by atoms with Crippen LogP contribution in [0, 0.1) is 0 Å². The van der Waals surface area contributed by atoms with Crippen molar-refractivity contribution in [3.05, 3.63) is 101 Å². The molecule has 0 bridgehead atoms. The van der Waals surface area contributed by atoms with Crippen molar-refractivity contribution in [2.45, 2.75) is 13.0 Å². The number of nitrogens with zero attached hydrogens (tertiary/aromatic N) is 3. The number of urea groups is 1. The Morgan fingerprint density at radius 3 is 2.41 bits per heavy atom. The van der Waals surface area contributed by atoms with Crippen LogP contribution in [0.15, 0.2) is 89.1 Å². The third-order valence-corrected chi connectivity index (χ3v) is 6.00. The Hall–Kier alpha value is -4.10. The van der Waals surface area contributed by atoms with Gasteiger partial charge in [-0.25, -0.2) is 4.79 Å². The molecule has 170 valence electrons. The zero-order valence-corrected chi connectivity index (χ0v) is 19.3. The molecule has 3 aromatic carbocycles. The molecule has 0 saturated carbocycles. The molecular formula is C26H21ClN4O3. The Kier molecular flexibility index (Phi) is 5.77. The molecule has 1 unspecified atom stereocenters. The van der Waals surface area contributed by atoms with Crippen molar-refractivity contribution >= 4 is 28.9 Å². The number of nitrogens with one attached hydrogen (secondary N) is 1. The molecule has 1 atom stereocenters. The zero-order valence-electron chi connectivity index (χ0n) is 18.5. The van der Waals surface area contributed by atoms with Gasteiger partial charge >= 0.3 is 6.03 Å². The van der Waals surface area contributed by atoms with Crippen molar-refractivity contribution in [1.29, 1.82) is 0 Å². The normalized spacial score (nSPS) is 15.9. The maximum absolute atomic E-state index is 13.3.